The van der Waals surface area contributed by atoms with Gasteiger partial charge in [0.1, 0.15) is 12.6 Å². The molecule has 0 saturated carbocycles. The second-order valence-corrected chi connectivity index (χ2v) is 9.78. The van der Waals surface area contributed by atoms with E-state index in [0.29, 0.717) is 12.8 Å². The Bertz CT molecular complexity index is 1090. The molecular formula is C19H22N4O5S. The first-order chi connectivity index (χ1) is 13.7. The zero-order valence-corrected chi connectivity index (χ0v) is 16.7. The number of imide groups is 1. The van der Waals surface area contributed by atoms with Gasteiger partial charge >= 0.3 is 6.03 Å². The second kappa shape index (κ2) is 7.18. The predicted octanol–water partition coefficient (Wildman–Crippen LogP) is 0.276. The third kappa shape index (κ3) is 3.71. The number of nitrogens with zero attached hydrogens (tertiary/aromatic N) is 2. The largest absolute Gasteiger partial charge is 0.361 e. The molecule has 4 amide bonds. The Morgan fingerprint density at radius 1 is 1.28 bits per heavy atom. The number of nitrogens with one attached hydrogen (secondary N) is 2. The van der Waals surface area contributed by atoms with Crippen molar-refractivity contribution in [3.05, 3.63) is 36.0 Å². The lowest BCUT2D eigenvalue weighted by Crippen LogP contribution is -2.46. The maximum atomic E-state index is 12.7. The molecule has 2 aromatic rings. The topological polar surface area (TPSA) is 120 Å². The summed E-state index contributed by atoms with van der Waals surface area (Å²) in [7, 11) is -1.63. The lowest BCUT2D eigenvalue weighted by molar-refractivity contribution is -0.137. The van der Waals surface area contributed by atoms with Gasteiger partial charge in [-0.3, -0.25) is 14.5 Å². The van der Waals surface area contributed by atoms with Crippen molar-refractivity contribution in [2.45, 2.75) is 24.9 Å². The van der Waals surface area contributed by atoms with Crippen molar-refractivity contribution in [2.75, 3.05) is 25.1 Å². The van der Waals surface area contributed by atoms with Gasteiger partial charge in [-0.1, -0.05) is 18.2 Å². The number of para-hydroxylation sites is 1. The van der Waals surface area contributed by atoms with Crippen LogP contribution in [0.3, 0.4) is 0 Å². The van der Waals surface area contributed by atoms with Crippen LogP contribution in [-0.4, -0.2) is 78.2 Å². The van der Waals surface area contributed by atoms with Gasteiger partial charge in [0.2, 0.25) is 5.91 Å². The third-order valence-electron chi connectivity index (χ3n) is 5.65. The van der Waals surface area contributed by atoms with E-state index in [1.165, 1.54) is 11.9 Å². The molecule has 0 bridgehead atoms. The Kier molecular flexibility index (Phi) is 4.81. The molecular weight excluding hydrogens is 396 g/mol. The van der Waals surface area contributed by atoms with E-state index in [0.717, 1.165) is 21.4 Å². The Balaban J connectivity index is 1.42. The zero-order valence-electron chi connectivity index (χ0n) is 15.9. The van der Waals surface area contributed by atoms with E-state index < -0.39 is 46.3 Å². The Morgan fingerprint density at radius 2 is 2.03 bits per heavy atom. The fraction of sp³-hybridized carbons (Fsp3) is 0.421. The number of amides is 4. The van der Waals surface area contributed by atoms with E-state index >= 15 is 0 Å². The molecule has 4 rings (SSSR count). The molecule has 1 aromatic heterocycles. The first-order valence-corrected chi connectivity index (χ1v) is 11.2. The molecule has 0 spiro atoms. The fourth-order valence-corrected chi connectivity index (χ4v) is 5.69. The summed E-state index contributed by atoms with van der Waals surface area (Å²) < 4.78 is 23.3. The van der Waals surface area contributed by atoms with Crippen LogP contribution >= 0.6 is 0 Å². The lowest BCUT2D eigenvalue weighted by Gasteiger charge is -2.25. The van der Waals surface area contributed by atoms with Crippen molar-refractivity contribution in [1.29, 1.82) is 0 Å². The van der Waals surface area contributed by atoms with Crippen LogP contribution in [0.1, 0.15) is 12.0 Å². The number of carbonyl (C=O) groups is 3. The lowest BCUT2D eigenvalue weighted by atomic mass is 10.1. The van der Waals surface area contributed by atoms with E-state index in [1.54, 1.807) is 0 Å². The van der Waals surface area contributed by atoms with E-state index in [1.807, 2.05) is 30.5 Å². The van der Waals surface area contributed by atoms with Gasteiger partial charge in [-0.25, -0.2) is 13.2 Å². The summed E-state index contributed by atoms with van der Waals surface area (Å²) in [6.07, 6.45) is 2.50. The Labute approximate surface area is 168 Å². The van der Waals surface area contributed by atoms with Crippen molar-refractivity contribution in [2.24, 2.45) is 0 Å². The first-order valence-electron chi connectivity index (χ1n) is 9.38. The Hall–Kier alpha value is -2.88. The molecule has 2 aliphatic heterocycles. The van der Waals surface area contributed by atoms with Crippen LogP contribution in [0.2, 0.25) is 0 Å². The third-order valence-corrected chi connectivity index (χ3v) is 7.40. The predicted molar refractivity (Wildman–Crippen MR) is 106 cm³/mol. The van der Waals surface area contributed by atoms with Gasteiger partial charge in [0.15, 0.2) is 9.84 Å². The molecule has 0 aliphatic carbocycles. The highest BCUT2D eigenvalue weighted by molar-refractivity contribution is 7.91. The number of likely N-dealkylation sites (N-methyl/N-ethyl adjacent to an activating group) is 1. The maximum Gasteiger partial charge on any atom is 0.325 e. The number of H-pyrrole nitrogens is 1. The second-order valence-electron chi connectivity index (χ2n) is 7.55. The minimum absolute atomic E-state index is 0.0467. The van der Waals surface area contributed by atoms with Crippen molar-refractivity contribution >= 4 is 38.6 Å². The summed E-state index contributed by atoms with van der Waals surface area (Å²) in [6, 6.07) is 5.90. The standard InChI is InChI=1S/C19H22N4O5S/c1-22(13-6-7-29(27,28)11-13)17(24)10-23-18(25)16(21-19(23)26)8-12-9-20-15-5-3-2-4-14(12)15/h2-5,9,13,16,20H,6-8,10-11H2,1H3,(H,21,26)/t13-,16-/m1/s1. The van der Waals surface area contributed by atoms with Crippen LogP contribution < -0.4 is 5.32 Å². The molecule has 10 heteroatoms. The van der Waals surface area contributed by atoms with Gasteiger partial charge in [-0.15, -0.1) is 0 Å². The SMILES string of the molecule is CN(C(=O)CN1C(=O)N[C@H](Cc2c[nH]c3ccccc23)C1=O)[C@@H]1CCS(=O)(=O)C1. The van der Waals surface area contributed by atoms with Crippen LogP contribution in [0, 0.1) is 0 Å². The summed E-state index contributed by atoms with van der Waals surface area (Å²) in [5.41, 5.74) is 1.85. The zero-order chi connectivity index (χ0) is 20.8. The number of benzene rings is 1. The summed E-state index contributed by atoms with van der Waals surface area (Å²) in [4.78, 5) is 42.9. The first kappa shape index (κ1) is 19.4. The molecule has 2 N–H and O–H groups in total. The fourth-order valence-electron chi connectivity index (χ4n) is 3.92. The number of aromatic amines is 1. The molecule has 2 fully saturated rings. The average Bonchev–Trinajstić information content (AvgIpc) is 3.33. The van der Waals surface area contributed by atoms with Crippen LogP contribution in [0.25, 0.3) is 10.9 Å². The number of hydrogen-bond acceptors (Lipinski definition) is 5. The van der Waals surface area contributed by atoms with Crippen LogP contribution in [0.5, 0.6) is 0 Å². The quantitative estimate of drug-likeness (QED) is 0.676. The summed E-state index contributed by atoms with van der Waals surface area (Å²) in [5.74, 6) is -0.951. The molecule has 9 nitrogen and oxygen atoms in total. The number of hydrogen-bond donors (Lipinski definition) is 2. The smallest absolute Gasteiger partial charge is 0.325 e. The Morgan fingerprint density at radius 3 is 2.76 bits per heavy atom. The molecule has 0 radical (unpaired) electrons. The summed E-state index contributed by atoms with van der Waals surface area (Å²) in [5, 5.41) is 3.62. The van der Waals surface area contributed by atoms with Crippen LogP contribution in [0.4, 0.5) is 4.79 Å². The minimum atomic E-state index is -3.14. The molecule has 154 valence electrons. The number of aromatic nitrogens is 1. The van der Waals surface area contributed by atoms with E-state index in [9.17, 15) is 22.8 Å². The molecule has 2 aliphatic rings. The van der Waals surface area contributed by atoms with E-state index in [4.69, 9.17) is 0 Å². The number of sulfone groups is 1. The van der Waals surface area contributed by atoms with Crippen LogP contribution in [0.15, 0.2) is 30.5 Å². The van der Waals surface area contributed by atoms with Crippen molar-refractivity contribution in [1.82, 2.24) is 20.1 Å². The van der Waals surface area contributed by atoms with Gasteiger partial charge in [0.05, 0.1) is 11.5 Å². The number of urea groups is 1. The normalized spacial score (nSPS) is 23.6. The highest BCUT2D eigenvalue weighted by Crippen LogP contribution is 2.22. The molecule has 29 heavy (non-hydrogen) atoms. The number of fused-ring (bicyclic) bond motifs is 1. The monoisotopic (exact) mass is 418 g/mol. The molecule has 1 aromatic carbocycles. The van der Waals surface area contributed by atoms with E-state index in [2.05, 4.69) is 10.3 Å². The molecule has 2 atom stereocenters. The highest BCUT2D eigenvalue weighted by atomic mass is 32.2. The van der Waals surface area contributed by atoms with Gasteiger partial charge in [0.25, 0.3) is 5.91 Å². The van der Waals surface area contributed by atoms with Crippen molar-refractivity contribution in [3.63, 3.8) is 0 Å². The van der Waals surface area contributed by atoms with E-state index in [-0.39, 0.29) is 11.5 Å². The van der Waals surface area contributed by atoms with Crippen molar-refractivity contribution in [3.8, 4) is 0 Å². The molecule has 0 unspecified atom stereocenters. The summed E-state index contributed by atoms with van der Waals surface area (Å²) in [6.45, 7) is -0.401. The van der Waals surface area contributed by atoms with Crippen molar-refractivity contribution < 1.29 is 22.8 Å². The number of carbonyl (C=O) groups excluding carboxylic acids is 3. The van der Waals surface area contributed by atoms with Gasteiger partial charge in [-0.2, -0.15) is 0 Å². The molecule has 3 heterocycles. The van der Waals surface area contributed by atoms with Gasteiger partial charge in [-0.05, 0) is 18.1 Å². The number of rotatable bonds is 5. The average molecular weight is 418 g/mol. The van der Waals surface area contributed by atoms with Crippen LogP contribution in [-0.2, 0) is 25.8 Å². The summed E-state index contributed by atoms with van der Waals surface area (Å²) >= 11 is 0. The highest BCUT2D eigenvalue weighted by Gasteiger charge is 2.41. The van der Waals surface area contributed by atoms with Gasteiger partial charge < -0.3 is 15.2 Å². The molecule has 2 saturated heterocycles. The van der Waals surface area contributed by atoms with Gasteiger partial charge in [0, 0.05) is 36.6 Å². The minimum Gasteiger partial charge on any atom is -0.361 e. The maximum absolute atomic E-state index is 12.7.